The Morgan fingerprint density at radius 3 is 2.86 bits per heavy atom. The van der Waals surface area contributed by atoms with Crippen LogP contribution in [0.1, 0.15) is 5.56 Å². The third-order valence-corrected chi connectivity index (χ3v) is 3.72. The van der Waals surface area contributed by atoms with Gasteiger partial charge in [-0.05, 0) is 30.7 Å². The van der Waals surface area contributed by atoms with Crippen molar-refractivity contribution in [1.82, 2.24) is 14.8 Å². The molecular formula is C16H12F2N4. The minimum atomic E-state index is -0.642. The molecule has 3 heterocycles. The number of fused-ring (bicyclic) bond motifs is 1. The van der Waals surface area contributed by atoms with Gasteiger partial charge in [0.25, 0.3) is 0 Å². The summed E-state index contributed by atoms with van der Waals surface area (Å²) in [6.45, 7) is 0.767. The number of hydrogen-bond donors (Lipinski definition) is 1. The van der Waals surface area contributed by atoms with Crippen molar-refractivity contribution < 1.29 is 8.78 Å². The van der Waals surface area contributed by atoms with Gasteiger partial charge in [-0.25, -0.2) is 13.5 Å². The Hall–Kier alpha value is -2.76. The molecule has 3 aromatic rings. The molecule has 1 N–H and O–H groups in total. The largest absolute Gasteiger partial charge is 0.369 e. The number of anilines is 1. The van der Waals surface area contributed by atoms with Crippen molar-refractivity contribution in [1.29, 1.82) is 0 Å². The van der Waals surface area contributed by atoms with Gasteiger partial charge in [0.15, 0.2) is 5.82 Å². The Kier molecular flexibility index (Phi) is 2.89. The Balaban J connectivity index is 1.92. The van der Waals surface area contributed by atoms with E-state index in [1.165, 1.54) is 16.8 Å². The molecule has 1 aromatic carbocycles. The van der Waals surface area contributed by atoms with Gasteiger partial charge < -0.3 is 5.32 Å². The highest BCUT2D eigenvalue weighted by Gasteiger charge is 2.25. The van der Waals surface area contributed by atoms with Crippen molar-refractivity contribution in [3.05, 3.63) is 59.9 Å². The quantitative estimate of drug-likeness (QED) is 0.790. The van der Waals surface area contributed by atoms with Crippen molar-refractivity contribution in [2.75, 3.05) is 11.9 Å². The second-order valence-corrected chi connectivity index (χ2v) is 5.10. The summed E-state index contributed by atoms with van der Waals surface area (Å²) in [5, 5.41) is 7.73. The molecule has 4 rings (SSSR count). The molecular weight excluding hydrogens is 286 g/mol. The molecule has 0 bridgehead atoms. The molecule has 6 heteroatoms. The minimum Gasteiger partial charge on any atom is -0.369 e. The molecule has 0 aliphatic carbocycles. The third-order valence-electron chi connectivity index (χ3n) is 3.72. The van der Waals surface area contributed by atoms with Gasteiger partial charge in [0, 0.05) is 36.1 Å². The van der Waals surface area contributed by atoms with E-state index in [-0.39, 0.29) is 5.69 Å². The van der Waals surface area contributed by atoms with E-state index < -0.39 is 11.6 Å². The van der Waals surface area contributed by atoms with E-state index in [9.17, 15) is 8.78 Å². The molecule has 0 fully saturated rings. The zero-order valence-corrected chi connectivity index (χ0v) is 11.6. The van der Waals surface area contributed by atoms with Gasteiger partial charge in [-0.2, -0.15) is 5.10 Å². The molecule has 22 heavy (non-hydrogen) atoms. The van der Waals surface area contributed by atoms with Crippen molar-refractivity contribution >= 4 is 5.82 Å². The zero-order valence-electron chi connectivity index (χ0n) is 11.6. The number of pyridine rings is 1. The van der Waals surface area contributed by atoms with Crippen LogP contribution in [0.3, 0.4) is 0 Å². The van der Waals surface area contributed by atoms with Crippen LogP contribution in [0.4, 0.5) is 14.6 Å². The monoisotopic (exact) mass is 298 g/mol. The van der Waals surface area contributed by atoms with Crippen LogP contribution in [0.5, 0.6) is 0 Å². The molecule has 0 spiro atoms. The SMILES string of the molecule is Fc1ccc(-n2nc(-c3cccnc3)c3c2NCC3)c(F)c1. The van der Waals surface area contributed by atoms with Crippen LogP contribution in [0.25, 0.3) is 16.9 Å². The van der Waals surface area contributed by atoms with E-state index in [1.807, 2.05) is 12.1 Å². The summed E-state index contributed by atoms with van der Waals surface area (Å²) in [5.74, 6) is -0.494. The minimum absolute atomic E-state index is 0.224. The highest BCUT2D eigenvalue weighted by atomic mass is 19.1. The number of hydrogen-bond acceptors (Lipinski definition) is 3. The van der Waals surface area contributed by atoms with Crippen molar-refractivity contribution in [2.24, 2.45) is 0 Å². The summed E-state index contributed by atoms with van der Waals surface area (Å²) in [6, 6.07) is 7.24. The number of nitrogens with zero attached hydrogens (tertiary/aromatic N) is 3. The summed E-state index contributed by atoms with van der Waals surface area (Å²) < 4.78 is 28.7. The van der Waals surface area contributed by atoms with E-state index in [4.69, 9.17) is 0 Å². The lowest BCUT2D eigenvalue weighted by molar-refractivity contribution is 0.574. The maximum absolute atomic E-state index is 14.1. The van der Waals surface area contributed by atoms with Crippen molar-refractivity contribution in [3.63, 3.8) is 0 Å². The first-order valence-corrected chi connectivity index (χ1v) is 6.95. The molecule has 110 valence electrons. The predicted molar refractivity (Wildman–Crippen MR) is 78.9 cm³/mol. The summed E-state index contributed by atoms with van der Waals surface area (Å²) in [5.41, 5.74) is 2.90. The molecule has 0 radical (unpaired) electrons. The van der Waals surface area contributed by atoms with Gasteiger partial charge in [0.1, 0.15) is 17.3 Å². The Bertz CT molecular complexity index is 843. The van der Waals surface area contributed by atoms with Crippen molar-refractivity contribution in [2.45, 2.75) is 6.42 Å². The second kappa shape index (κ2) is 4.91. The average Bonchev–Trinajstić information content (AvgIpc) is 3.11. The summed E-state index contributed by atoms with van der Waals surface area (Å²) in [4.78, 5) is 4.10. The summed E-state index contributed by atoms with van der Waals surface area (Å²) >= 11 is 0. The summed E-state index contributed by atoms with van der Waals surface area (Å²) in [7, 11) is 0. The molecule has 2 aromatic heterocycles. The molecule has 0 amide bonds. The molecule has 1 aliphatic heterocycles. The van der Waals surface area contributed by atoms with E-state index in [0.717, 1.165) is 41.7 Å². The van der Waals surface area contributed by atoms with Gasteiger partial charge in [-0.15, -0.1) is 0 Å². The fraction of sp³-hybridized carbons (Fsp3) is 0.125. The van der Waals surface area contributed by atoms with Crippen molar-refractivity contribution in [3.8, 4) is 16.9 Å². The topological polar surface area (TPSA) is 42.7 Å². The third kappa shape index (κ3) is 1.95. The Morgan fingerprint density at radius 2 is 2.09 bits per heavy atom. The van der Waals surface area contributed by atoms with Gasteiger partial charge in [-0.1, -0.05) is 0 Å². The maximum Gasteiger partial charge on any atom is 0.151 e. The van der Waals surface area contributed by atoms with Crippen LogP contribution in [0.15, 0.2) is 42.7 Å². The second-order valence-electron chi connectivity index (χ2n) is 5.10. The zero-order chi connectivity index (χ0) is 15.1. The van der Waals surface area contributed by atoms with Gasteiger partial charge in [0.05, 0.1) is 5.69 Å². The normalized spacial score (nSPS) is 13.0. The van der Waals surface area contributed by atoms with Crippen LogP contribution >= 0.6 is 0 Å². The van der Waals surface area contributed by atoms with Gasteiger partial charge >= 0.3 is 0 Å². The molecule has 4 nitrogen and oxygen atoms in total. The highest BCUT2D eigenvalue weighted by molar-refractivity contribution is 5.72. The highest BCUT2D eigenvalue weighted by Crippen LogP contribution is 2.34. The lowest BCUT2D eigenvalue weighted by Gasteiger charge is -2.07. The fourth-order valence-corrected chi connectivity index (χ4v) is 2.74. The standard InChI is InChI=1S/C16H12F2N4/c17-11-3-4-14(13(18)8-11)22-16-12(5-7-20-16)15(21-22)10-2-1-6-19-9-10/h1-4,6,8-9,20H,5,7H2. The number of nitrogens with one attached hydrogen (secondary N) is 1. The smallest absolute Gasteiger partial charge is 0.151 e. The molecule has 0 saturated heterocycles. The van der Waals surface area contributed by atoms with E-state index in [0.29, 0.717) is 0 Å². The number of aromatic nitrogens is 3. The first kappa shape index (κ1) is 12.9. The van der Waals surface area contributed by atoms with Crippen LogP contribution in [0.2, 0.25) is 0 Å². The molecule has 0 atom stereocenters. The molecule has 0 unspecified atom stereocenters. The van der Waals surface area contributed by atoms with E-state index in [2.05, 4.69) is 15.4 Å². The van der Waals surface area contributed by atoms with Gasteiger partial charge in [0.2, 0.25) is 0 Å². The Morgan fingerprint density at radius 1 is 1.18 bits per heavy atom. The maximum atomic E-state index is 14.1. The van der Waals surface area contributed by atoms with Crippen LogP contribution < -0.4 is 5.32 Å². The van der Waals surface area contributed by atoms with Crippen LogP contribution in [-0.4, -0.2) is 21.3 Å². The van der Waals surface area contributed by atoms with Gasteiger partial charge in [-0.3, -0.25) is 4.98 Å². The fourth-order valence-electron chi connectivity index (χ4n) is 2.74. The van der Waals surface area contributed by atoms with Crippen LogP contribution in [-0.2, 0) is 6.42 Å². The predicted octanol–water partition coefficient (Wildman–Crippen LogP) is 3.18. The Labute approximate surface area is 125 Å². The molecule has 1 aliphatic rings. The summed E-state index contributed by atoms with van der Waals surface area (Å²) in [6.07, 6.45) is 4.23. The first-order chi connectivity index (χ1) is 10.7. The lowest BCUT2D eigenvalue weighted by atomic mass is 10.1. The number of rotatable bonds is 2. The van der Waals surface area contributed by atoms with Crippen LogP contribution in [0, 0.1) is 11.6 Å². The first-order valence-electron chi connectivity index (χ1n) is 6.95. The average molecular weight is 298 g/mol. The number of benzene rings is 1. The molecule has 0 saturated carbocycles. The lowest BCUT2D eigenvalue weighted by Crippen LogP contribution is -2.06. The van der Waals surface area contributed by atoms with E-state index in [1.54, 1.807) is 12.4 Å². The van der Waals surface area contributed by atoms with E-state index >= 15 is 0 Å². The number of halogens is 2.